The number of carbonyl (C=O) groups is 1. The highest BCUT2D eigenvalue weighted by atomic mass is 35.5. The first-order valence-corrected chi connectivity index (χ1v) is 9.38. The number of hydrogen-bond acceptors (Lipinski definition) is 3. The van der Waals surface area contributed by atoms with Gasteiger partial charge in [-0.3, -0.25) is 4.79 Å². The Balaban J connectivity index is 1.48. The van der Waals surface area contributed by atoms with Crippen LogP contribution in [0.1, 0.15) is 16.7 Å². The Labute approximate surface area is 173 Å². The van der Waals surface area contributed by atoms with Gasteiger partial charge >= 0.3 is 0 Å². The average molecular weight is 413 g/mol. The van der Waals surface area contributed by atoms with Crippen molar-refractivity contribution in [1.29, 1.82) is 0 Å². The van der Waals surface area contributed by atoms with Crippen molar-refractivity contribution in [2.75, 3.05) is 0 Å². The summed E-state index contributed by atoms with van der Waals surface area (Å²) in [4.78, 5) is 11.9. The molecule has 0 fully saturated rings. The minimum atomic E-state index is -0.165. The summed E-state index contributed by atoms with van der Waals surface area (Å²) in [5.41, 5.74) is 5.17. The Morgan fingerprint density at radius 2 is 1.75 bits per heavy atom. The minimum absolute atomic E-state index is 0.165. The lowest BCUT2D eigenvalue weighted by atomic mass is 10.1. The van der Waals surface area contributed by atoms with Gasteiger partial charge in [-0.25, -0.2) is 5.43 Å². The summed E-state index contributed by atoms with van der Waals surface area (Å²) in [6.45, 7) is 0.346. The molecular weight excluding hydrogens is 395 g/mol. The monoisotopic (exact) mass is 412 g/mol. The lowest BCUT2D eigenvalue weighted by molar-refractivity contribution is -0.120. The number of benzene rings is 3. The number of carbonyl (C=O) groups excluding carboxylic acids is 1. The van der Waals surface area contributed by atoms with Crippen molar-refractivity contribution in [1.82, 2.24) is 5.43 Å². The topological polar surface area (TPSA) is 50.7 Å². The van der Waals surface area contributed by atoms with E-state index in [1.54, 1.807) is 18.3 Å². The smallest absolute Gasteiger partial charge is 0.244 e. The van der Waals surface area contributed by atoms with Gasteiger partial charge in [0.1, 0.15) is 12.4 Å². The van der Waals surface area contributed by atoms with Crippen LogP contribution in [0.2, 0.25) is 10.0 Å². The third-order valence-electron chi connectivity index (χ3n) is 3.90. The van der Waals surface area contributed by atoms with Gasteiger partial charge in [0.2, 0.25) is 5.91 Å². The SMILES string of the molecule is O=C(Cc1ccccc1)N/N=C\c1ccc(OCc2ccc(Cl)cc2Cl)cc1. The predicted octanol–water partition coefficient (Wildman–Crippen LogP) is 5.27. The molecule has 0 aliphatic heterocycles. The van der Waals surface area contributed by atoms with Crippen LogP contribution in [0.25, 0.3) is 0 Å². The average Bonchev–Trinajstić information content (AvgIpc) is 2.69. The molecule has 0 spiro atoms. The standard InChI is InChI=1S/C22H18Cl2N2O2/c23-19-9-8-18(21(24)13-19)15-28-20-10-6-17(7-11-20)14-25-26-22(27)12-16-4-2-1-3-5-16/h1-11,13-14H,12,15H2,(H,26,27)/b25-14-. The van der Waals surface area contributed by atoms with Gasteiger partial charge in [0.25, 0.3) is 0 Å². The highest BCUT2D eigenvalue weighted by Gasteiger charge is 2.03. The van der Waals surface area contributed by atoms with Gasteiger partial charge < -0.3 is 4.74 Å². The second-order valence-electron chi connectivity index (χ2n) is 6.05. The normalized spacial score (nSPS) is 10.8. The van der Waals surface area contributed by atoms with Gasteiger partial charge in [0, 0.05) is 15.6 Å². The Bertz CT molecular complexity index is 958. The summed E-state index contributed by atoms with van der Waals surface area (Å²) in [7, 11) is 0. The van der Waals surface area contributed by atoms with Crippen LogP contribution in [0.3, 0.4) is 0 Å². The van der Waals surface area contributed by atoms with Crippen molar-refractivity contribution in [2.45, 2.75) is 13.0 Å². The van der Waals surface area contributed by atoms with Crippen molar-refractivity contribution in [2.24, 2.45) is 5.10 Å². The summed E-state index contributed by atoms with van der Waals surface area (Å²) in [5, 5.41) is 5.15. The molecule has 28 heavy (non-hydrogen) atoms. The van der Waals surface area contributed by atoms with Crippen LogP contribution in [0.15, 0.2) is 77.9 Å². The lowest BCUT2D eigenvalue weighted by Gasteiger charge is -2.08. The fourth-order valence-corrected chi connectivity index (χ4v) is 2.91. The second kappa shape index (κ2) is 9.93. The summed E-state index contributed by atoms with van der Waals surface area (Å²) >= 11 is 12.0. The predicted molar refractivity (Wildman–Crippen MR) is 113 cm³/mol. The molecule has 0 aliphatic rings. The quantitative estimate of drug-likeness (QED) is 0.424. The molecule has 3 rings (SSSR count). The molecule has 0 bridgehead atoms. The van der Waals surface area contributed by atoms with Gasteiger partial charge in [0.15, 0.2) is 0 Å². The fourth-order valence-electron chi connectivity index (χ4n) is 2.45. The molecule has 1 N–H and O–H groups in total. The molecule has 142 valence electrons. The molecule has 0 atom stereocenters. The highest BCUT2D eigenvalue weighted by Crippen LogP contribution is 2.22. The molecule has 0 heterocycles. The number of hydrazone groups is 1. The van der Waals surface area contributed by atoms with E-state index in [-0.39, 0.29) is 12.3 Å². The largest absolute Gasteiger partial charge is 0.489 e. The zero-order valence-corrected chi connectivity index (χ0v) is 16.5. The molecule has 0 saturated carbocycles. The first-order valence-electron chi connectivity index (χ1n) is 8.63. The number of amides is 1. The van der Waals surface area contributed by atoms with Crippen LogP contribution in [0.4, 0.5) is 0 Å². The molecule has 6 heteroatoms. The number of hydrogen-bond donors (Lipinski definition) is 1. The van der Waals surface area contributed by atoms with Crippen molar-refractivity contribution in [3.05, 3.63) is 99.5 Å². The Morgan fingerprint density at radius 3 is 2.46 bits per heavy atom. The van der Waals surface area contributed by atoms with Crippen LogP contribution in [0, 0.1) is 0 Å². The van der Waals surface area contributed by atoms with E-state index in [1.165, 1.54) is 0 Å². The highest BCUT2D eigenvalue weighted by molar-refractivity contribution is 6.35. The maximum Gasteiger partial charge on any atom is 0.244 e. The Hall–Kier alpha value is -2.82. The molecule has 1 amide bonds. The Kier molecular flexibility index (Phi) is 7.06. The van der Waals surface area contributed by atoms with Gasteiger partial charge in [-0.2, -0.15) is 5.10 Å². The Morgan fingerprint density at radius 1 is 1.00 bits per heavy atom. The van der Waals surface area contributed by atoms with Crippen LogP contribution in [0.5, 0.6) is 5.75 Å². The third-order valence-corrected chi connectivity index (χ3v) is 4.49. The maximum absolute atomic E-state index is 11.9. The zero-order valence-electron chi connectivity index (χ0n) is 14.9. The van der Waals surface area contributed by atoms with Crippen molar-refractivity contribution >= 4 is 35.3 Å². The zero-order chi connectivity index (χ0) is 19.8. The first-order chi connectivity index (χ1) is 13.6. The molecule has 0 aliphatic carbocycles. The van der Waals surface area contributed by atoms with Gasteiger partial charge in [-0.1, -0.05) is 59.6 Å². The number of rotatable bonds is 7. The van der Waals surface area contributed by atoms with Crippen LogP contribution in [-0.4, -0.2) is 12.1 Å². The van der Waals surface area contributed by atoms with E-state index in [4.69, 9.17) is 27.9 Å². The maximum atomic E-state index is 11.9. The fraction of sp³-hybridized carbons (Fsp3) is 0.0909. The molecule has 0 unspecified atom stereocenters. The molecule has 3 aromatic carbocycles. The van der Waals surface area contributed by atoms with E-state index in [0.29, 0.717) is 22.4 Å². The van der Waals surface area contributed by atoms with E-state index >= 15 is 0 Å². The number of ether oxygens (including phenoxy) is 1. The van der Waals surface area contributed by atoms with Crippen LogP contribution >= 0.6 is 23.2 Å². The summed E-state index contributed by atoms with van der Waals surface area (Å²) in [6.07, 6.45) is 1.88. The van der Waals surface area contributed by atoms with Crippen molar-refractivity contribution in [3.63, 3.8) is 0 Å². The molecule has 0 saturated heterocycles. The third kappa shape index (κ3) is 6.12. The van der Waals surface area contributed by atoms with Crippen LogP contribution in [-0.2, 0) is 17.8 Å². The first kappa shape index (κ1) is 19.9. The molecular formula is C22H18Cl2N2O2. The second-order valence-corrected chi connectivity index (χ2v) is 6.89. The molecule has 0 radical (unpaired) electrons. The summed E-state index contributed by atoms with van der Waals surface area (Å²) < 4.78 is 5.74. The van der Waals surface area contributed by atoms with Crippen molar-refractivity contribution < 1.29 is 9.53 Å². The van der Waals surface area contributed by atoms with Gasteiger partial charge in [-0.15, -0.1) is 0 Å². The number of nitrogens with one attached hydrogen (secondary N) is 1. The van der Waals surface area contributed by atoms with Gasteiger partial charge in [-0.05, 0) is 47.5 Å². The van der Waals surface area contributed by atoms with E-state index in [2.05, 4.69) is 10.5 Å². The molecule has 4 nitrogen and oxygen atoms in total. The lowest BCUT2D eigenvalue weighted by Crippen LogP contribution is -2.19. The number of nitrogens with zero attached hydrogens (tertiary/aromatic N) is 1. The van der Waals surface area contributed by atoms with Gasteiger partial charge in [0.05, 0.1) is 12.6 Å². The molecule has 0 aromatic heterocycles. The van der Waals surface area contributed by atoms with E-state index in [9.17, 15) is 4.79 Å². The van der Waals surface area contributed by atoms with E-state index in [0.717, 1.165) is 16.7 Å². The summed E-state index contributed by atoms with van der Waals surface area (Å²) in [5.74, 6) is 0.540. The summed E-state index contributed by atoms with van der Waals surface area (Å²) in [6, 6.07) is 22.2. The van der Waals surface area contributed by atoms with E-state index in [1.807, 2.05) is 60.7 Å². The van der Waals surface area contributed by atoms with Crippen LogP contribution < -0.4 is 10.2 Å². The van der Waals surface area contributed by atoms with E-state index < -0.39 is 0 Å². The molecule has 3 aromatic rings. The minimum Gasteiger partial charge on any atom is -0.489 e. The van der Waals surface area contributed by atoms with Crippen molar-refractivity contribution in [3.8, 4) is 5.75 Å². The number of halogens is 2.